The molecule has 0 fully saturated rings. The van der Waals surface area contributed by atoms with E-state index in [4.69, 9.17) is 5.26 Å². The second-order valence-corrected chi connectivity index (χ2v) is 8.93. The zero-order valence-corrected chi connectivity index (χ0v) is 21.0. The van der Waals surface area contributed by atoms with Gasteiger partial charge in [0.15, 0.2) is 0 Å². The van der Waals surface area contributed by atoms with Crippen LogP contribution >= 0.6 is 0 Å². The third-order valence-electron chi connectivity index (χ3n) is 6.29. The zero-order chi connectivity index (χ0) is 25.4. The average molecular weight is 470 g/mol. The molecular formula is C35H35N. The van der Waals surface area contributed by atoms with Gasteiger partial charge in [-0.2, -0.15) is 5.26 Å². The van der Waals surface area contributed by atoms with Crippen LogP contribution < -0.4 is 0 Å². The van der Waals surface area contributed by atoms with Gasteiger partial charge in [-0.15, -0.1) is 0 Å². The molecule has 0 N–H and O–H groups in total. The number of nitriles is 1. The molecule has 4 aromatic rings. The lowest BCUT2D eigenvalue weighted by atomic mass is 9.85. The third-order valence-corrected chi connectivity index (χ3v) is 6.29. The summed E-state index contributed by atoms with van der Waals surface area (Å²) in [5.74, 6) is 0.499. The third kappa shape index (κ3) is 8.90. The van der Waals surface area contributed by atoms with Gasteiger partial charge in [0.2, 0.25) is 0 Å². The topological polar surface area (TPSA) is 23.8 Å². The van der Waals surface area contributed by atoms with Gasteiger partial charge in [0, 0.05) is 6.42 Å². The van der Waals surface area contributed by atoms with Crippen molar-refractivity contribution in [2.75, 3.05) is 0 Å². The van der Waals surface area contributed by atoms with Crippen LogP contribution in [0.1, 0.15) is 53.9 Å². The average Bonchev–Trinajstić information content (AvgIpc) is 2.96. The van der Waals surface area contributed by atoms with Crippen molar-refractivity contribution in [2.24, 2.45) is 0 Å². The monoisotopic (exact) mass is 469 g/mol. The molecule has 0 amide bonds. The summed E-state index contributed by atoms with van der Waals surface area (Å²) in [5, 5.41) is 8.37. The minimum absolute atomic E-state index is 0.499. The molecule has 1 nitrogen and oxygen atoms in total. The standard InChI is InChI=1S/C24H24.C11H11N/c1-20(22-13-7-3-8-14-22)19-24(23-15-9-4-10-16-23)18-17-21-11-5-2-6-12-21;1-10(6-5-9-12)11-7-3-2-4-8-11/h2-16,24H,1,17-19H2;2-4,7-8H,1,5-6H2. The van der Waals surface area contributed by atoms with Crippen molar-refractivity contribution in [3.8, 4) is 6.07 Å². The molecule has 1 unspecified atom stereocenters. The van der Waals surface area contributed by atoms with Crippen LogP contribution in [0.25, 0.3) is 11.1 Å². The summed E-state index contributed by atoms with van der Waals surface area (Å²) in [4.78, 5) is 0. The number of hydrogen-bond acceptors (Lipinski definition) is 1. The molecule has 0 radical (unpaired) electrons. The Hall–Kier alpha value is -4.15. The lowest BCUT2D eigenvalue weighted by Gasteiger charge is -2.19. The predicted octanol–water partition coefficient (Wildman–Crippen LogP) is 9.51. The van der Waals surface area contributed by atoms with Crippen LogP contribution in [0, 0.1) is 11.3 Å². The fraction of sp³-hybridized carbons (Fsp3) is 0.171. The first-order chi connectivity index (χ1) is 17.7. The van der Waals surface area contributed by atoms with Crippen LogP contribution in [0.3, 0.4) is 0 Å². The van der Waals surface area contributed by atoms with E-state index in [1.54, 1.807) is 0 Å². The summed E-state index contributed by atoms with van der Waals surface area (Å²) in [6, 6.07) is 44.2. The van der Waals surface area contributed by atoms with Gasteiger partial charge in [0.05, 0.1) is 6.07 Å². The highest BCUT2D eigenvalue weighted by Crippen LogP contribution is 2.31. The van der Waals surface area contributed by atoms with Crippen LogP contribution in [-0.4, -0.2) is 0 Å². The molecule has 0 spiro atoms. The van der Waals surface area contributed by atoms with Crippen LogP contribution in [0.15, 0.2) is 134 Å². The van der Waals surface area contributed by atoms with Gasteiger partial charge in [0.1, 0.15) is 0 Å². The summed E-state index contributed by atoms with van der Waals surface area (Å²) in [6.07, 6.45) is 4.55. The van der Waals surface area contributed by atoms with Crippen molar-refractivity contribution in [3.63, 3.8) is 0 Å². The van der Waals surface area contributed by atoms with Gasteiger partial charge < -0.3 is 0 Å². The first kappa shape index (κ1) is 26.5. The van der Waals surface area contributed by atoms with Crippen LogP contribution in [0.2, 0.25) is 0 Å². The first-order valence-corrected chi connectivity index (χ1v) is 12.6. The SMILES string of the molecule is C=C(CC(CCc1ccccc1)c1ccccc1)c1ccccc1.C=C(CCC#N)c1ccccc1. The molecule has 36 heavy (non-hydrogen) atoms. The minimum Gasteiger partial charge on any atom is -0.198 e. The van der Waals surface area contributed by atoms with Gasteiger partial charge in [-0.05, 0) is 65.0 Å². The highest BCUT2D eigenvalue weighted by molar-refractivity contribution is 5.64. The van der Waals surface area contributed by atoms with Crippen LogP contribution in [0.4, 0.5) is 0 Å². The summed E-state index contributed by atoms with van der Waals surface area (Å²) >= 11 is 0. The zero-order valence-electron chi connectivity index (χ0n) is 21.0. The molecule has 4 aromatic carbocycles. The lowest BCUT2D eigenvalue weighted by molar-refractivity contribution is 0.639. The van der Waals surface area contributed by atoms with Gasteiger partial charge in [-0.1, -0.05) is 134 Å². The Morgan fingerprint density at radius 1 is 0.639 bits per heavy atom. The molecule has 0 saturated carbocycles. The van der Waals surface area contributed by atoms with E-state index >= 15 is 0 Å². The molecule has 0 aliphatic rings. The van der Waals surface area contributed by atoms with Gasteiger partial charge in [-0.3, -0.25) is 0 Å². The van der Waals surface area contributed by atoms with E-state index in [0.717, 1.165) is 36.8 Å². The Kier molecular flexibility index (Phi) is 11.0. The van der Waals surface area contributed by atoms with Gasteiger partial charge in [-0.25, -0.2) is 0 Å². The number of benzene rings is 4. The fourth-order valence-corrected chi connectivity index (χ4v) is 4.21. The van der Waals surface area contributed by atoms with E-state index in [-0.39, 0.29) is 0 Å². The quantitative estimate of drug-likeness (QED) is 0.227. The van der Waals surface area contributed by atoms with Crippen molar-refractivity contribution in [1.29, 1.82) is 5.26 Å². The maximum atomic E-state index is 8.37. The lowest BCUT2D eigenvalue weighted by Crippen LogP contribution is -2.02. The maximum absolute atomic E-state index is 8.37. The number of nitrogens with zero attached hydrogens (tertiary/aromatic N) is 1. The van der Waals surface area contributed by atoms with Crippen LogP contribution in [0.5, 0.6) is 0 Å². The van der Waals surface area contributed by atoms with Crippen molar-refractivity contribution < 1.29 is 0 Å². The Balaban J connectivity index is 0.000000253. The van der Waals surface area contributed by atoms with E-state index in [1.165, 1.54) is 22.3 Å². The molecule has 0 bridgehead atoms. The fourth-order valence-electron chi connectivity index (χ4n) is 4.21. The van der Waals surface area contributed by atoms with E-state index in [2.05, 4.69) is 110 Å². The second kappa shape index (κ2) is 15.0. The predicted molar refractivity (Wildman–Crippen MR) is 154 cm³/mol. The van der Waals surface area contributed by atoms with E-state index in [1.807, 2.05) is 30.3 Å². The molecular weight excluding hydrogens is 434 g/mol. The molecule has 0 heterocycles. The highest BCUT2D eigenvalue weighted by Gasteiger charge is 2.14. The molecule has 1 heteroatoms. The van der Waals surface area contributed by atoms with Crippen molar-refractivity contribution in [3.05, 3.63) is 157 Å². The summed E-state index contributed by atoms with van der Waals surface area (Å²) < 4.78 is 0. The Morgan fingerprint density at radius 2 is 1.11 bits per heavy atom. The van der Waals surface area contributed by atoms with Crippen LogP contribution in [-0.2, 0) is 6.42 Å². The summed E-state index contributed by atoms with van der Waals surface area (Å²) in [6.45, 7) is 8.26. The van der Waals surface area contributed by atoms with E-state index in [9.17, 15) is 0 Å². The van der Waals surface area contributed by atoms with Crippen molar-refractivity contribution in [2.45, 2.75) is 38.0 Å². The number of aryl methyl sites for hydroxylation is 1. The molecule has 0 aromatic heterocycles. The van der Waals surface area contributed by atoms with Gasteiger partial charge >= 0.3 is 0 Å². The Bertz CT molecular complexity index is 1220. The largest absolute Gasteiger partial charge is 0.198 e. The number of rotatable bonds is 10. The maximum Gasteiger partial charge on any atom is 0.0625 e. The number of hydrogen-bond donors (Lipinski definition) is 0. The summed E-state index contributed by atoms with van der Waals surface area (Å²) in [7, 11) is 0. The summed E-state index contributed by atoms with van der Waals surface area (Å²) in [5.41, 5.74) is 7.45. The highest BCUT2D eigenvalue weighted by atomic mass is 14.2. The minimum atomic E-state index is 0.499. The van der Waals surface area contributed by atoms with E-state index < -0.39 is 0 Å². The Morgan fingerprint density at radius 3 is 1.64 bits per heavy atom. The first-order valence-electron chi connectivity index (χ1n) is 12.6. The molecule has 0 aliphatic carbocycles. The van der Waals surface area contributed by atoms with Gasteiger partial charge in [0.25, 0.3) is 0 Å². The normalized spacial score (nSPS) is 10.9. The molecule has 4 rings (SSSR count). The number of allylic oxidation sites excluding steroid dienone is 2. The van der Waals surface area contributed by atoms with Crippen molar-refractivity contribution in [1.82, 2.24) is 0 Å². The molecule has 0 aliphatic heterocycles. The second-order valence-electron chi connectivity index (χ2n) is 8.93. The molecule has 1 atom stereocenters. The molecule has 180 valence electrons. The smallest absolute Gasteiger partial charge is 0.0625 e. The Labute approximate surface area is 217 Å². The van der Waals surface area contributed by atoms with Crippen molar-refractivity contribution >= 4 is 11.1 Å². The van der Waals surface area contributed by atoms with E-state index in [0.29, 0.717) is 12.3 Å². The molecule has 0 saturated heterocycles.